The molecule has 100 valence electrons. The molecule has 1 N–H and O–H groups in total. The van der Waals surface area contributed by atoms with Crippen LogP contribution < -0.4 is 5.32 Å². The molecule has 2 nitrogen and oxygen atoms in total. The number of para-hydroxylation sites is 1. The Bertz CT molecular complexity index is 373. The highest BCUT2D eigenvalue weighted by Gasteiger charge is 2.17. The lowest BCUT2D eigenvalue weighted by Crippen LogP contribution is -2.26. The lowest BCUT2D eigenvalue weighted by atomic mass is 9.86. The fourth-order valence-corrected chi connectivity index (χ4v) is 2.65. The fourth-order valence-electron chi connectivity index (χ4n) is 2.65. The van der Waals surface area contributed by atoms with Crippen LogP contribution >= 0.6 is 0 Å². The van der Waals surface area contributed by atoms with E-state index < -0.39 is 0 Å². The van der Waals surface area contributed by atoms with Crippen molar-refractivity contribution < 1.29 is 0 Å². The molecular weight excluding hydrogens is 220 g/mol. The first-order valence-electron chi connectivity index (χ1n) is 7.13. The molecule has 2 rings (SSSR count). The van der Waals surface area contributed by atoms with Gasteiger partial charge in [0.2, 0.25) is 0 Å². The summed E-state index contributed by atoms with van der Waals surface area (Å²) in [7, 11) is 0. The predicted molar refractivity (Wildman–Crippen MR) is 79.3 cm³/mol. The minimum atomic E-state index is 0.206. The summed E-state index contributed by atoms with van der Waals surface area (Å²) in [6.45, 7) is 11.6. The van der Waals surface area contributed by atoms with Gasteiger partial charge in [-0.15, -0.1) is 0 Å². The van der Waals surface area contributed by atoms with E-state index in [9.17, 15) is 0 Å². The molecule has 0 bridgehead atoms. The maximum Gasteiger partial charge on any atom is 0.0378 e. The van der Waals surface area contributed by atoms with Gasteiger partial charge in [-0.05, 0) is 43.0 Å². The maximum absolute atomic E-state index is 3.61. The number of hydrogen-bond donors (Lipinski definition) is 1. The van der Waals surface area contributed by atoms with E-state index in [0.29, 0.717) is 0 Å². The molecule has 1 fully saturated rings. The summed E-state index contributed by atoms with van der Waals surface area (Å²) in [4.78, 5) is 2.55. The Balaban J connectivity index is 1.92. The van der Waals surface area contributed by atoms with Crippen LogP contribution in [0.2, 0.25) is 0 Å². The summed E-state index contributed by atoms with van der Waals surface area (Å²) in [6.07, 6.45) is 2.75. The predicted octanol–water partition coefficient (Wildman–Crippen LogP) is 3.49. The van der Waals surface area contributed by atoms with Crippen LogP contribution in [0.25, 0.3) is 0 Å². The molecule has 18 heavy (non-hydrogen) atoms. The Hall–Kier alpha value is -1.02. The molecule has 0 spiro atoms. The smallest absolute Gasteiger partial charge is 0.0378 e. The zero-order valence-corrected chi connectivity index (χ0v) is 12.0. The van der Waals surface area contributed by atoms with Gasteiger partial charge in [0, 0.05) is 18.8 Å². The van der Waals surface area contributed by atoms with Gasteiger partial charge in [0.15, 0.2) is 0 Å². The molecule has 0 aromatic heterocycles. The summed E-state index contributed by atoms with van der Waals surface area (Å²) in [5.41, 5.74) is 2.91. The minimum absolute atomic E-state index is 0.206. The van der Waals surface area contributed by atoms with Gasteiger partial charge < -0.3 is 10.2 Å². The van der Waals surface area contributed by atoms with E-state index in [2.05, 4.69) is 55.3 Å². The van der Waals surface area contributed by atoms with E-state index in [4.69, 9.17) is 0 Å². The Morgan fingerprint density at radius 1 is 1.11 bits per heavy atom. The average Bonchev–Trinajstić information content (AvgIpc) is 2.81. The van der Waals surface area contributed by atoms with E-state index >= 15 is 0 Å². The monoisotopic (exact) mass is 246 g/mol. The van der Waals surface area contributed by atoms with Crippen molar-refractivity contribution in [1.29, 1.82) is 0 Å². The van der Waals surface area contributed by atoms with E-state index in [1.807, 2.05) is 0 Å². The number of anilines is 1. The third kappa shape index (κ3) is 3.49. The van der Waals surface area contributed by atoms with Crippen molar-refractivity contribution in [1.82, 2.24) is 4.90 Å². The van der Waals surface area contributed by atoms with Gasteiger partial charge in [-0.25, -0.2) is 0 Å². The first-order chi connectivity index (χ1) is 8.57. The number of hydrogen-bond acceptors (Lipinski definition) is 2. The van der Waals surface area contributed by atoms with Crippen LogP contribution in [0.4, 0.5) is 5.69 Å². The lowest BCUT2D eigenvalue weighted by molar-refractivity contribution is 0.352. The summed E-state index contributed by atoms with van der Waals surface area (Å²) < 4.78 is 0. The second-order valence-corrected chi connectivity index (χ2v) is 6.27. The second-order valence-electron chi connectivity index (χ2n) is 6.27. The maximum atomic E-state index is 3.61. The van der Waals surface area contributed by atoms with Crippen LogP contribution in [0, 0.1) is 0 Å². The molecule has 0 aliphatic carbocycles. The van der Waals surface area contributed by atoms with Crippen LogP contribution in [0.5, 0.6) is 0 Å². The summed E-state index contributed by atoms with van der Waals surface area (Å²) in [5, 5.41) is 3.61. The Morgan fingerprint density at radius 3 is 2.44 bits per heavy atom. The summed E-state index contributed by atoms with van der Waals surface area (Å²) in [5.74, 6) is 0. The molecular formula is C16H26N2. The summed E-state index contributed by atoms with van der Waals surface area (Å²) in [6, 6.07) is 8.68. The van der Waals surface area contributed by atoms with Crippen LogP contribution in [0.3, 0.4) is 0 Å². The molecule has 1 aromatic rings. The third-order valence-corrected chi connectivity index (χ3v) is 3.68. The van der Waals surface area contributed by atoms with E-state index in [1.165, 1.54) is 43.7 Å². The van der Waals surface area contributed by atoms with E-state index in [1.54, 1.807) is 0 Å². The van der Waals surface area contributed by atoms with Crippen LogP contribution in [-0.4, -0.2) is 31.1 Å². The van der Waals surface area contributed by atoms with Gasteiger partial charge in [-0.2, -0.15) is 0 Å². The van der Waals surface area contributed by atoms with E-state index in [-0.39, 0.29) is 5.41 Å². The molecule has 1 saturated heterocycles. The highest BCUT2D eigenvalue weighted by molar-refractivity contribution is 5.54. The quantitative estimate of drug-likeness (QED) is 0.875. The standard InChI is InChI=1S/C16H26N2/c1-16(2,3)14-8-4-5-9-15(14)17-10-13-18-11-6-7-12-18/h4-5,8-9,17H,6-7,10-13H2,1-3H3. The molecule has 0 unspecified atom stereocenters. The van der Waals surface area contributed by atoms with Gasteiger partial charge in [-0.1, -0.05) is 39.0 Å². The third-order valence-electron chi connectivity index (χ3n) is 3.68. The molecule has 1 aromatic carbocycles. The van der Waals surface area contributed by atoms with Crippen LogP contribution in [-0.2, 0) is 5.41 Å². The van der Waals surface area contributed by atoms with Crippen molar-refractivity contribution in [2.24, 2.45) is 0 Å². The number of benzene rings is 1. The van der Waals surface area contributed by atoms with Crippen molar-refractivity contribution in [3.63, 3.8) is 0 Å². The first-order valence-corrected chi connectivity index (χ1v) is 7.13. The summed E-state index contributed by atoms with van der Waals surface area (Å²) >= 11 is 0. The van der Waals surface area contributed by atoms with Gasteiger partial charge in [-0.3, -0.25) is 0 Å². The number of rotatable bonds is 4. The zero-order chi connectivity index (χ0) is 13.0. The zero-order valence-electron chi connectivity index (χ0n) is 12.0. The SMILES string of the molecule is CC(C)(C)c1ccccc1NCCN1CCCC1. The van der Waals surface area contributed by atoms with Crippen molar-refractivity contribution in [2.75, 3.05) is 31.5 Å². The van der Waals surface area contributed by atoms with E-state index in [0.717, 1.165) is 6.54 Å². The largest absolute Gasteiger partial charge is 0.384 e. The van der Waals surface area contributed by atoms with Gasteiger partial charge >= 0.3 is 0 Å². The van der Waals surface area contributed by atoms with Crippen molar-refractivity contribution in [3.8, 4) is 0 Å². The first kappa shape index (κ1) is 13.4. The van der Waals surface area contributed by atoms with Crippen molar-refractivity contribution in [3.05, 3.63) is 29.8 Å². The highest BCUT2D eigenvalue weighted by Crippen LogP contribution is 2.29. The van der Waals surface area contributed by atoms with Crippen molar-refractivity contribution in [2.45, 2.75) is 39.0 Å². The van der Waals surface area contributed by atoms with Crippen LogP contribution in [0.1, 0.15) is 39.2 Å². The Labute approximate surface area is 111 Å². The van der Waals surface area contributed by atoms with Gasteiger partial charge in [0.1, 0.15) is 0 Å². The molecule has 2 heteroatoms. The van der Waals surface area contributed by atoms with Crippen LogP contribution in [0.15, 0.2) is 24.3 Å². The molecule has 0 atom stereocenters. The number of nitrogens with zero attached hydrogens (tertiary/aromatic N) is 1. The molecule has 1 aliphatic rings. The molecule has 1 aliphatic heterocycles. The van der Waals surface area contributed by atoms with Gasteiger partial charge in [0.05, 0.1) is 0 Å². The Morgan fingerprint density at radius 2 is 1.78 bits per heavy atom. The highest BCUT2D eigenvalue weighted by atomic mass is 15.1. The normalized spacial score (nSPS) is 17.1. The second kappa shape index (κ2) is 5.75. The van der Waals surface area contributed by atoms with Gasteiger partial charge in [0.25, 0.3) is 0 Å². The molecule has 0 radical (unpaired) electrons. The molecule has 0 saturated carbocycles. The van der Waals surface area contributed by atoms with Crippen molar-refractivity contribution >= 4 is 5.69 Å². The minimum Gasteiger partial charge on any atom is -0.384 e. The number of nitrogens with one attached hydrogen (secondary N) is 1. The number of likely N-dealkylation sites (tertiary alicyclic amines) is 1. The topological polar surface area (TPSA) is 15.3 Å². The fraction of sp³-hybridized carbons (Fsp3) is 0.625. The molecule has 0 amide bonds. The Kier molecular flexibility index (Phi) is 4.28. The molecule has 1 heterocycles. The average molecular weight is 246 g/mol. The lowest BCUT2D eigenvalue weighted by Gasteiger charge is -2.24.